The minimum Gasteiger partial charge on any atom is -0.490 e. The van der Waals surface area contributed by atoms with Gasteiger partial charge in [-0.1, -0.05) is 12.1 Å². The van der Waals surface area contributed by atoms with Crippen LogP contribution in [0.2, 0.25) is 0 Å². The number of rotatable bonds is 2. The smallest absolute Gasteiger partial charge is 0.310 e. The standard InChI is InChI=1S/C12H14O3/c1-7-5-10-6-9(8(2)12(13)14)3-4-11(10)15-7/h3-4,6-8H,5H2,1-2H3,(H,13,14). The van der Waals surface area contributed by atoms with E-state index >= 15 is 0 Å². The molecule has 15 heavy (non-hydrogen) atoms. The monoisotopic (exact) mass is 206 g/mol. The molecule has 1 aromatic carbocycles. The molecule has 3 nitrogen and oxygen atoms in total. The average Bonchev–Trinajstić information content (AvgIpc) is 2.55. The van der Waals surface area contributed by atoms with Crippen molar-refractivity contribution >= 4 is 5.97 Å². The first-order valence-corrected chi connectivity index (χ1v) is 5.10. The van der Waals surface area contributed by atoms with Crippen molar-refractivity contribution in [1.29, 1.82) is 0 Å². The summed E-state index contributed by atoms with van der Waals surface area (Å²) < 4.78 is 5.55. The Hall–Kier alpha value is -1.51. The molecule has 2 atom stereocenters. The van der Waals surface area contributed by atoms with Crippen LogP contribution in [0.15, 0.2) is 18.2 Å². The average molecular weight is 206 g/mol. The Bertz CT molecular complexity index is 398. The molecule has 1 N–H and O–H groups in total. The van der Waals surface area contributed by atoms with Crippen molar-refractivity contribution in [1.82, 2.24) is 0 Å². The van der Waals surface area contributed by atoms with Gasteiger partial charge in [0.05, 0.1) is 5.92 Å². The maximum atomic E-state index is 10.8. The molecule has 0 saturated carbocycles. The van der Waals surface area contributed by atoms with Gasteiger partial charge in [0.2, 0.25) is 0 Å². The molecular weight excluding hydrogens is 192 g/mol. The normalized spacial score (nSPS) is 20.5. The topological polar surface area (TPSA) is 46.5 Å². The van der Waals surface area contributed by atoms with Crippen LogP contribution in [0.3, 0.4) is 0 Å². The first-order valence-electron chi connectivity index (χ1n) is 5.10. The van der Waals surface area contributed by atoms with E-state index in [4.69, 9.17) is 9.84 Å². The lowest BCUT2D eigenvalue weighted by molar-refractivity contribution is -0.138. The molecule has 1 aromatic rings. The zero-order valence-electron chi connectivity index (χ0n) is 8.86. The van der Waals surface area contributed by atoms with Gasteiger partial charge in [-0.15, -0.1) is 0 Å². The third-order valence-electron chi connectivity index (χ3n) is 2.79. The fourth-order valence-electron chi connectivity index (χ4n) is 1.85. The van der Waals surface area contributed by atoms with Gasteiger partial charge in [-0.2, -0.15) is 0 Å². The minimum atomic E-state index is -0.790. The van der Waals surface area contributed by atoms with Crippen molar-refractivity contribution in [3.8, 4) is 5.75 Å². The summed E-state index contributed by atoms with van der Waals surface area (Å²) in [6.45, 7) is 3.71. The van der Waals surface area contributed by atoms with Crippen LogP contribution in [-0.2, 0) is 11.2 Å². The minimum absolute atomic E-state index is 0.204. The molecule has 0 aliphatic carbocycles. The first kappa shape index (κ1) is 10.0. The maximum absolute atomic E-state index is 10.8. The molecule has 3 heteroatoms. The Morgan fingerprint density at radius 3 is 3.00 bits per heavy atom. The molecule has 1 heterocycles. The summed E-state index contributed by atoms with van der Waals surface area (Å²) in [4.78, 5) is 10.8. The first-order chi connectivity index (χ1) is 7.08. The van der Waals surface area contributed by atoms with Crippen LogP contribution in [0.25, 0.3) is 0 Å². The van der Waals surface area contributed by atoms with E-state index < -0.39 is 11.9 Å². The van der Waals surface area contributed by atoms with Gasteiger partial charge >= 0.3 is 5.97 Å². The van der Waals surface area contributed by atoms with Gasteiger partial charge in [-0.05, 0) is 31.0 Å². The van der Waals surface area contributed by atoms with Crippen LogP contribution in [0.4, 0.5) is 0 Å². The van der Waals surface area contributed by atoms with Crippen molar-refractivity contribution in [2.75, 3.05) is 0 Å². The zero-order valence-corrected chi connectivity index (χ0v) is 8.86. The maximum Gasteiger partial charge on any atom is 0.310 e. The van der Waals surface area contributed by atoms with E-state index in [1.807, 2.05) is 25.1 Å². The van der Waals surface area contributed by atoms with Gasteiger partial charge in [-0.3, -0.25) is 4.79 Å². The van der Waals surface area contributed by atoms with Crippen molar-refractivity contribution in [2.24, 2.45) is 0 Å². The van der Waals surface area contributed by atoms with Crippen molar-refractivity contribution in [2.45, 2.75) is 32.3 Å². The Morgan fingerprint density at radius 1 is 1.60 bits per heavy atom. The van der Waals surface area contributed by atoms with Crippen LogP contribution < -0.4 is 4.74 Å². The van der Waals surface area contributed by atoms with E-state index in [9.17, 15) is 4.79 Å². The van der Waals surface area contributed by atoms with Crippen LogP contribution in [0.5, 0.6) is 5.75 Å². The van der Waals surface area contributed by atoms with Crippen LogP contribution >= 0.6 is 0 Å². The number of benzene rings is 1. The third-order valence-corrected chi connectivity index (χ3v) is 2.79. The van der Waals surface area contributed by atoms with E-state index in [2.05, 4.69) is 0 Å². The summed E-state index contributed by atoms with van der Waals surface area (Å²) >= 11 is 0. The summed E-state index contributed by atoms with van der Waals surface area (Å²) in [6, 6.07) is 5.64. The SMILES string of the molecule is CC1Cc2cc(C(C)C(=O)O)ccc2O1. The van der Waals surface area contributed by atoms with Crippen LogP contribution in [0, 0.1) is 0 Å². The molecular formula is C12H14O3. The van der Waals surface area contributed by atoms with Gasteiger partial charge in [0.15, 0.2) is 0 Å². The number of carboxylic acid groups (broad SMARTS) is 1. The Morgan fingerprint density at radius 2 is 2.33 bits per heavy atom. The molecule has 0 spiro atoms. The summed E-state index contributed by atoms with van der Waals surface area (Å²) in [5, 5.41) is 8.90. The van der Waals surface area contributed by atoms with Crippen molar-refractivity contribution < 1.29 is 14.6 Å². The largest absolute Gasteiger partial charge is 0.490 e. The van der Waals surface area contributed by atoms with Gasteiger partial charge in [-0.25, -0.2) is 0 Å². The fourth-order valence-corrected chi connectivity index (χ4v) is 1.85. The highest BCUT2D eigenvalue weighted by atomic mass is 16.5. The lowest BCUT2D eigenvalue weighted by atomic mass is 9.98. The summed E-state index contributed by atoms with van der Waals surface area (Å²) in [5.74, 6) is -0.350. The molecule has 0 radical (unpaired) electrons. The predicted molar refractivity (Wildman–Crippen MR) is 56.3 cm³/mol. The Kier molecular flexibility index (Phi) is 2.39. The molecule has 0 fully saturated rings. The third kappa shape index (κ3) is 1.82. The Balaban J connectivity index is 2.31. The lowest BCUT2D eigenvalue weighted by Crippen LogP contribution is -2.07. The van der Waals surface area contributed by atoms with E-state index in [1.165, 1.54) is 0 Å². The highest BCUT2D eigenvalue weighted by Crippen LogP contribution is 2.31. The number of aliphatic carboxylic acids is 1. The Labute approximate surface area is 88.7 Å². The molecule has 2 unspecified atom stereocenters. The predicted octanol–water partition coefficient (Wildman–Crippen LogP) is 2.20. The number of carboxylic acids is 1. The quantitative estimate of drug-likeness (QED) is 0.806. The second kappa shape index (κ2) is 3.57. The van der Waals surface area contributed by atoms with E-state index in [0.29, 0.717) is 0 Å². The highest BCUT2D eigenvalue weighted by Gasteiger charge is 2.21. The van der Waals surface area contributed by atoms with E-state index in [0.717, 1.165) is 23.3 Å². The number of carbonyl (C=O) groups is 1. The van der Waals surface area contributed by atoms with Gasteiger partial charge in [0.1, 0.15) is 11.9 Å². The summed E-state index contributed by atoms with van der Waals surface area (Å²) in [6.07, 6.45) is 1.07. The molecule has 0 aromatic heterocycles. The second-order valence-corrected chi connectivity index (χ2v) is 4.06. The van der Waals surface area contributed by atoms with Crippen LogP contribution in [-0.4, -0.2) is 17.2 Å². The number of ether oxygens (including phenoxy) is 1. The molecule has 1 aliphatic rings. The van der Waals surface area contributed by atoms with Crippen molar-refractivity contribution in [3.63, 3.8) is 0 Å². The van der Waals surface area contributed by atoms with Gasteiger partial charge < -0.3 is 9.84 Å². The molecule has 1 aliphatic heterocycles. The highest BCUT2D eigenvalue weighted by molar-refractivity contribution is 5.75. The number of fused-ring (bicyclic) bond motifs is 1. The summed E-state index contributed by atoms with van der Waals surface area (Å²) in [5.41, 5.74) is 1.96. The fraction of sp³-hybridized carbons (Fsp3) is 0.417. The van der Waals surface area contributed by atoms with E-state index in [-0.39, 0.29) is 6.10 Å². The van der Waals surface area contributed by atoms with Crippen molar-refractivity contribution in [3.05, 3.63) is 29.3 Å². The van der Waals surface area contributed by atoms with E-state index in [1.54, 1.807) is 6.92 Å². The van der Waals surface area contributed by atoms with Crippen LogP contribution in [0.1, 0.15) is 30.9 Å². The molecule has 2 rings (SSSR count). The summed E-state index contributed by atoms with van der Waals surface area (Å²) in [7, 11) is 0. The molecule has 0 saturated heterocycles. The van der Waals surface area contributed by atoms with Gasteiger partial charge in [0.25, 0.3) is 0 Å². The zero-order chi connectivity index (χ0) is 11.0. The number of hydrogen-bond donors (Lipinski definition) is 1. The molecule has 80 valence electrons. The lowest BCUT2D eigenvalue weighted by Gasteiger charge is -2.07. The van der Waals surface area contributed by atoms with Gasteiger partial charge in [0, 0.05) is 6.42 Å². The number of hydrogen-bond acceptors (Lipinski definition) is 2. The second-order valence-electron chi connectivity index (χ2n) is 4.06. The molecule has 0 amide bonds. The molecule has 0 bridgehead atoms.